The van der Waals surface area contributed by atoms with Crippen molar-refractivity contribution >= 4 is 5.69 Å². The van der Waals surface area contributed by atoms with Gasteiger partial charge in [0.2, 0.25) is 0 Å². The number of benzene rings is 1. The molecule has 0 saturated heterocycles. The molecule has 1 N–H and O–H groups in total. The van der Waals surface area contributed by atoms with Gasteiger partial charge in [-0.25, -0.2) is 8.78 Å². The fourth-order valence-electron chi connectivity index (χ4n) is 1.30. The molecule has 0 fully saturated rings. The van der Waals surface area contributed by atoms with E-state index < -0.39 is 11.6 Å². The van der Waals surface area contributed by atoms with Crippen molar-refractivity contribution in [1.29, 1.82) is 5.26 Å². The Kier molecular flexibility index (Phi) is 4.20. The highest BCUT2D eigenvalue weighted by Gasteiger charge is 2.14. The van der Waals surface area contributed by atoms with Crippen LogP contribution in [0.1, 0.15) is 12.5 Å². The fourth-order valence-corrected chi connectivity index (χ4v) is 1.30. The number of hydrogen-bond acceptors (Lipinski definition) is 3. The van der Waals surface area contributed by atoms with Crippen LogP contribution >= 0.6 is 0 Å². The molecule has 16 heavy (non-hydrogen) atoms. The second kappa shape index (κ2) is 5.42. The van der Waals surface area contributed by atoms with Crippen molar-refractivity contribution in [2.24, 2.45) is 0 Å². The molecule has 0 bridgehead atoms. The van der Waals surface area contributed by atoms with Crippen LogP contribution in [0.4, 0.5) is 14.5 Å². The Bertz CT molecular complexity index is 415. The maximum absolute atomic E-state index is 13.4. The van der Waals surface area contributed by atoms with E-state index in [0.717, 1.165) is 0 Å². The summed E-state index contributed by atoms with van der Waals surface area (Å²) in [4.78, 5) is 0. The number of hydrogen-bond donors (Lipinski definition) is 1. The number of rotatable bonds is 4. The molecule has 5 heteroatoms. The number of nitrogens with zero attached hydrogens (tertiary/aromatic N) is 1. The van der Waals surface area contributed by atoms with Crippen LogP contribution in [0.2, 0.25) is 0 Å². The standard InChI is InChI=1S/C11H12F2N2O/c1-7(6-16-2)15-9-4-3-8(5-14)10(12)11(9)13/h3-4,7,15H,6H2,1-2H3. The third-order valence-corrected chi connectivity index (χ3v) is 2.02. The van der Waals surface area contributed by atoms with E-state index in [2.05, 4.69) is 5.32 Å². The number of nitriles is 1. The Balaban J connectivity index is 2.91. The van der Waals surface area contributed by atoms with Gasteiger partial charge in [0.15, 0.2) is 11.6 Å². The highest BCUT2D eigenvalue weighted by Crippen LogP contribution is 2.20. The van der Waals surface area contributed by atoms with E-state index >= 15 is 0 Å². The molecule has 0 aliphatic carbocycles. The molecule has 3 nitrogen and oxygen atoms in total. The van der Waals surface area contributed by atoms with E-state index in [4.69, 9.17) is 10.00 Å². The fraction of sp³-hybridized carbons (Fsp3) is 0.364. The molecule has 86 valence electrons. The Morgan fingerprint density at radius 2 is 2.12 bits per heavy atom. The summed E-state index contributed by atoms with van der Waals surface area (Å²) in [7, 11) is 1.52. The van der Waals surface area contributed by atoms with E-state index in [1.165, 1.54) is 19.2 Å². The van der Waals surface area contributed by atoms with E-state index in [1.54, 1.807) is 13.0 Å². The summed E-state index contributed by atoms with van der Waals surface area (Å²) in [5, 5.41) is 11.3. The third kappa shape index (κ3) is 2.67. The summed E-state index contributed by atoms with van der Waals surface area (Å²) in [6, 6.07) is 4.00. The Morgan fingerprint density at radius 1 is 1.44 bits per heavy atom. The summed E-state index contributed by atoms with van der Waals surface area (Å²) in [5.74, 6) is -2.17. The average molecular weight is 226 g/mol. The molecule has 1 aromatic rings. The first-order chi connectivity index (χ1) is 7.60. The maximum Gasteiger partial charge on any atom is 0.183 e. The van der Waals surface area contributed by atoms with Crippen LogP contribution in [0.5, 0.6) is 0 Å². The summed E-state index contributed by atoms with van der Waals surface area (Å²) in [5.41, 5.74) is -0.275. The normalized spacial score (nSPS) is 11.9. The van der Waals surface area contributed by atoms with Crippen LogP contribution in [0.3, 0.4) is 0 Å². The molecular formula is C11H12F2N2O. The lowest BCUT2D eigenvalue weighted by atomic mass is 10.2. The van der Waals surface area contributed by atoms with Crippen LogP contribution in [-0.4, -0.2) is 19.8 Å². The predicted octanol–water partition coefficient (Wildman–Crippen LogP) is 2.28. The number of nitrogens with one attached hydrogen (secondary N) is 1. The van der Waals surface area contributed by atoms with Gasteiger partial charge < -0.3 is 10.1 Å². The molecule has 0 aromatic heterocycles. The second-order valence-corrected chi connectivity index (χ2v) is 3.40. The number of halogens is 2. The quantitative estimate of drug-likeness (QED) is 0.856. The number of ether oxygens (including phenoxy) is 1. The van der Waals surface area contributed by atoms with Crippen molar-refractivity contribution in [3.8, 4) is 6.07 Å². The summed E-state index contributed by atoms with van der Waals surface area (Å²) in [6.45, 7) is 2.15. The minimum absolute atomic E-state index is 0.0288. The van der Waals surface area contributed by atoms with Crippen molar-refractivity contribution in [2.45, 2.75) is 13.0 Å². The molecule has 0 aliphatic rings. The Morgan fingerprint density at radius 3 is 2.69 bits per heavy atom. The zero-order chi connectivity index (χ0) is 12.1. The van der Waals surface area contributed by atoms with E-state index in [1.807, 2.05) is 0 Å². The van der Waals surface area contributed by atoms with Gasteiger partial charge in [0.25, 0.3) is 0 Å². The molecule has 0 aliphatic heterocycles. The molecule has 0 spiro atoms. The largest absolute Gasteiger partial charge is 0.383 e. The highest BCUT2D eigenvalue weighted by atomic mass is 19.2. The van der Waals surface area contributed by atoms with Crippen LogP contribution in [-0.2, 0) is 4.74 Å². The van der Waals surface area contributed by atoms with Crippen molar-refractivity contribution < 1.29 is 13.5 Å². The lowest BCUT2D eigenvalue weighted by Crippen LogP contribution is -2.21. The van der Waals surface area contributed by atoms with Gasteiger partial charge in [-0.3, -0.25) is 0 Å². The monoisotopic (exact) mass is 226 g/mol. The molecule has 0 radical (unpaired) electrons. The average Bonchev–Trinajstić information content (AvgIpc) is 2.25. The van der Waals surface area contributed by atoms with E-state index in [9.17, 15) is 8.78 Å². The number of anilines is 1. The maximum atomic E-state index is 13.4. The lowest BCUT2D eigenvalue weighted by molar-refractivity contribution is 0.190. The minimum atomic E-state index is -1.13. The smallest absolute Gasteiger partial charge is 0.183 e. The van der Waals surface area contributed by atoms with Crippen molar-refractivity contribution in [2.75, 3.05) is 19.0 Å². The molecule has 0 amide bonds. The Labute approximate surface area is 92.6 Å². The predicted molar refractivity (Wildman–Crippen MR) is 56.0 cm³/mol. The topological polar surface area (TPSA) is 45.0 Å². The van der Waals surface area contributed by atoms with Crippen LogP contribution < -0.4 is 5.32 Å². The van der Waals surface area contributed by atoms with Gasteiger partial charge in [-0.05, 0) is 19.1 Å². The van der Waals surface area contributed by atoms with Gasteiger partial charge >= 0.3 is 0 Å². The molecule has 0 saturated carbocycles. The Hall–Kier alpha value is -1.67. The molecular weight excluding hydrogens is 214 g/mol. The van der Waals surface area contributed by atoms with Crippen LogP contribution in [0.25, 0.3) is 0 Å². The van der Waals surface area contributed by atoms with E-state index in [-0.39, 0.29) is 17.3 Å². The lowest BCUT2D eigenvalue weighted by Gasteiger charge is -2.15. The molecule has 1 rings (SSSR count). The zero-order valence-corrected chi connectivity index (χ0v) is 9.05. The van der Waals surface area contributed by atoms with Crippen LogP contribution in [0.15, 0.2) is 12.1 Å². The second-order valence-electron chi connectivity index (χ2n) is 3.40. The molecule has 0 heterocycles. The van der Waals surface area contributed by atoms with Gasteiger partial charge in [0.05, 0.1) is 17.9 Å². The van der Waals surface area contributed by atoms with Gasteiger partial charge in [-0.2, -0.15) is 5.26 Å². The SMILES string of the molecule is COCC(C)Nc1ccc(C#N)c(F)c1F. The number of methoxy groups -OCH3 is 1. The van der Waals surface area contributed by atoms with Gasteiger partial charge in [-0.1, -0.05) is 0 Å². The van der Waals surface area contributed by atoms with Crippen molar-refractivity contribution in [3.63, 3.8) is 0 Å². The summed E-state index contributed by atoms with van der Waals surface area (Å²) in [6.07, 6.45) is 0. The zero-order valence-electron chi connectivity index (χ0n) is 9.05. The summed E-state index contributed by atoms with van der Waals surface area (Å²) >= 11 is 0. The van der Waals surface area contributed by atoms with Gasteiger partial charge in [0.1, 0.15) is 6.07 Å². The molecule has 1 aromatic carbocycles. The molecule has 1 unspecified atom stereocenters. The molecule has 1 atom stereocenters. The van der Waals surface area contributed by atoms with Crippen molar-refractivity contribution in [3.05, 3.63) is 29.3 Å². The van der Waals surface area contributed by atoms with Crippen LogP contribution in [0, 0.1) is 23.0 Å². The first kappa shape index (κ1) is 12.4. The van der Waals surface area contributed by atoms with E-state index in [0.29, 0.717) is 6.61 Å². The first-order valence-electron chi connectivity index (χ1n) is 4.73. The van der Waals surface area contributed by atoms with Gasteiger partial charge in [0, 0.05) is 13.2 Å². The summed E-state index contributed by atoms with van der Waals surface area (Å²) < 4.78 is 31.5. The minimum Gasteiger partial charge on any atom is -0.383 e. The highest BCUT2D eigenvalue weighted by molar-refractivity contribution is 5.50. The van der Waals surface area contributed by atoms with Gasteiger partial charge in [-0.15, -0.1) is 0 Å². The third-order valence-electron chi connectivity index (χ3n) is 2.02. The van der Waals surface area contributed by atoms with Crippen molar-refractivity contribution in [1.82, 2.24) is 0 Å². The first-order valence-corrected chi connectivity index (χ1v) is 4.73.